The van der Waals surface area contributed by atoms with Crippen molar-refractivity contribution in [1.82, 2.24) is 10.2 Å². The zero-order valence-electron chi connectivity index (χ0n) is 13.6. The molecule has 0 bridgehead atoms. The fourth-order valence-electron chi connectivity index (χ4n) is 2.79. The van der Waals surface area contributed by atoms with Gasteiger partial charge in [0, 0.05) is 36.6 Å². The first-order valence-corrected chi connectivity index (χ1v) is 8.03. The van der Waals surface area contributed by atoms with Gasteiger partial charge >= 0.3 is 0 Å². The van der Waals surface area contributed by atoms with E-state index in [0.717, 1.165) is 31.5 Å². The van der Waals surface area contributed by atoms with Crippen LogP contribution in [0.2, 0.25) is 5.02 Å². The summed E-state index contributed by atoms with van der Waals surface area (Å²) >= 11 is 6.08. The summed E-state index contributed by atoms with van der Waals surface area (Å²) in [6.45, 7) is 4.22. The lowest BCUT2D eigenvalue weighted by Gasteiger charge is -2.33. The average molecular weight is 401 g/mol. The van der Waals surface area contributed by atoms with Crippen molar-refractivity contribution in [2.75, 3.05) is 13.1 Å². The Labute approximate surface area is 160 Å². The van der Waals surface area contributed by atoms with E-state index in [9.17, 15) is 9.18 Å². The van der Waals surface area contributed by atoms with Crippen molar-refractivity contribution >= 4 is 42.3 Å². The molecule has 0 saturated carbocycles. The van der Waals surface area contributed by atoms with Crippen molar-refractivity contribution in [2.45, 2.75) is 44.8 Å². The Hall–Kier alpha value is -0.590. The van der Waals surface area contributed by atoms with Gasteiger partial charge in [0.1, 0.15) is 5.82 Å². The third kappa shape index (κ3) is 7.53. The Balaban J connectivity index is 0.00000264. The highest BCUT2D eigenvalue weighted by Gasteiger charge is 2.22. The highest BCUT2D eigenvalue weighted by atomic mass is 35.5. The minimum Gasteiger partial charge on any atom is -0.352 e. The molecule has 2 atom stereocenters. The second-order valence-corrected chi connectivity index (χ2v) is 6.47. The third-order valence-electron chi connectivity index (χ3n) is 3.79. The Kier molecular flexibility index (Phi) is 10.8. The van der Waals surface area contributed by atoms with E-state index in [0.29, 0.717) is 18.0 Å². The summed E-state index contributed by atoms with van der Waals surface area (Å²) in [7, 11) is 0. The number of carbonyl (C=O) groups excluding carboxylic acids is 1. The van der Waals surface area contributed by atoms with E-state index in [-0.39, 0.29) is 48.6 Å². The van der Waals surface area contributed by atoms with Gasteiger partial charge in [-0.2, -0.15) is 0 Å². The average Bonchev–Trinajstić information content (AvgIpc) is 2.41. The summed E-state index contributed by atoms with van der Waals surface area (Å²) in [6, 6.07) is 4.49. The second-order valence-electron chi connectivity index (χ2n) is 6.06. The molecule has 1 aromatic carbocycles. The molecule has 0 aromatic heterocycles. The summed E-state index contributed by atoms with van der Waals surface area (Å²) in [5, 5.41) is 3.48. The van der Waals surface area contributed by atoms with Crippen molar-refractivity contribution in [2.24, 2.45) is 5.73 Å². The van der Waals surface area contributed by atoms with Crippen LogP contribution in [0.4, 0.5) is 4.39 Å². The van der Waals surface area contributed by atoms with Crippen LogP contribution in [-0.2, 0) is 11.3 Å². The van der Waals surface area contributed by atoms with Crippen LogP contribution in [-0.4, -0.2) is 36.0 Å². The molecule has 4 nitrogen and oxygen atoms in total. The van der Waals surface area contributed by atoms with Crippen molar-refractivity contribution in [3.63, 3.8) is 0 Å². The van der Waals surface area contributed by atoms with Gasteiger partial charge in [0.15, 0.2) is 0 Å². The van der Waals surface area contributed by atoms with Gasteiger partial charge in [0.05, 0.1) is 0 Å². The molecule has 0 radical (unpaired) electrons. The number of nitrogens with two attached hydrogens (primary N) is 1. The van der Waals surface area contributed by atoms with Crippen LogP contribution in [0, 0.1) is 5.82 Å². The van der Waals surface area contributed by atoms with Crippen LogP contribution in [0.5, 0.6) is 0 Å². The van der Waals surface area contributed by atoms with Gasteiger partial charge in [0.2, 0.25) is 5.91 Å². The molecule has 24 heavy (non-hydrogen) atoms. The first-order valence-electron chi connectivity index (χ1n) is 7.65. The molecule has 1 aromatic rings. The number of likely N-dealkylation sites (tertiary alicyclic amines) is 1. The van der Waals surface area contributed by atoms with Gasteiger partial charge in [0.25, 0.3) is 0 Å². The van der Waals surface area contributed by atoms with Gasteiger partial charge in [-0.15, -0.1) is 24.8 Å². The fraction of sp³-hybridized carbons (Fsp3) is 0.562. The van der Waals surface area contributed by atoms with Crippen molar-refractivity contribution in [3.8, 4) is 0 Å². The topological polar surface area (TPSA) is 58.4 Å². The summed E-state index contributed by atoms with van der Waals surface area (Å²) < 4.78 is 13.1. The maximum atomic E-state index is 13.1. The molecule has 1 heterocycles. The zero-order valence-corrected chi connectivity index (χ0v) is 16.0. The van der Waals surface area contributed by atoms with E-state index >= 15 is 0 Å². The number of halogens is 4. The first kappa shape index (κ1) is 23.4. The Morgan fingerprint density at radius 3 is 2.83 bits per heavy atom. The van der Waals surface area contributed by atoms with E-state index in [1.54, 1.807) is 6.07 Å². The molecule has 8 heteroatoms. The fourth-order valence-corrected chi connectivity index (χ4v) is 3.01. The predicted octanol–water partition coefficient (Wildman–Crippen LogP) is 3.14. The molecule has 1 aliphatic rings. The van der Waals surface area contributed by atoms with Gasteiger partial charge in [-0.25, -0.2) is 4.39 Å². The first-order chi connectivity index (χ1) is 10.4. The van der Waals surface area contributed by atoms with E-state index < -0.39 is 0 Å². The third-order valence-corrected chi connectivity index (χ3v) is 4.14. The SMILES string of the molecule is CC(N)CC(=O)NC1CCCN(Cc2ccc(F)cc2Cl)C1.Cl.Cl. The molecule has 138 valence electrons. The lowest BCUT2D eigenvalue weighted by atomic mass is 10.0. The number of hydrogen-bond acceptors (Lipinski definition) is 3. The monoisotopic (exact) mass is 399 g/mol. The molecule has 1 aliphatic heterocycles. The number of carbonyl (C=O) groups is 1. The summed E-state index contributed by atoms with van der Waals surface area (Å²) in [4.78, 5) is 14.0. The molecular formula is C16H25Cl3FN3O. The van der Waals surface area contributed by atoms with Crippen LogP contribution in [0.3, 0.4) is 0 Å². The Morgan fingerprint density at radius 1 is 1.50 bits per heavy atom. The van der Waals surface area contributed by atoms with E-state index in [2.05, 4.69) is 10.2 Å². The number of nitrogens with zero attached hydrogens (tertiary/aromatic N) is 1. The Bertz CT molecular complexity index is 531. The lowest BCUT2D eigenvalue weighted by Crippen LogP contribution is -2.48. The molecule has 0 aliphatic carbocycles. The highest BCUT2D eigenvalue weighted by molar-refractivity contribution is 6.31. The lowest BCUT2D eigenvalue weighted by molar-refractivity contribution is -0.122. The number of rotatable bonds is 5. The molecule has 2 rings (SSSR count). The molecule has 2 unspecified atom stereocenters. The number of benzene rings is 1. The molecule has 1 amide bonds. The van der Waals surface area contributed by atoms with Gasteiger partial charge in [-0.05, 0) is 44.0 Å². The van der Waals surface area contributed by atoms with E-state index in [4.69, 9.17) is 17.3 Å². The molecule has 3 N–H and O–H groups in total. The van der Waals surface area contributed by atoms with Gasteiger partial charge < -0.3 is 11.1 Å². The van der Waals surface area contributed by atoms with Crippen molar-refractivity contribution < 1.29 is 9.18 Å². The van der Waals surface area contributed by atoms with Crippen LogP contribution >= 0.6 is 36.4 Å². The standard InChI is InChI=1S/C16H23ClFN3O.2ClH/c1-11(19)7-16(22)20-14-3-2-6-21(10-14)9-12-4-5-13(18)8-15(12)17;;/h4-5,8,11,14H,2-3,6-7,9-10,19H2,1H3,(H,20,22);2*1H. The number of amides is 1. The number of nitrogens with one attached hydrogen (secondary N) is 1. The van der Waals surface area contributed by atoms with Gasteiger partial charge in [-0.3, -0.25) is 9.69 Å². The summed E-state index contributed by atoms with van der Waals surface area (Å²) in [6.07, 6.45) is 2.33. The number of piperidine rings is 1. The van der Waals surface area contributed by atoms with Crippen LogP contribution < -0.4 is 11.1 Å². The maximum Gasteiger partial charge on any atom is 0.221 e. The van der Waals surface area contributed by atoms with Crippen molar-refractivity contribution in [3.05, 3.63) is 34.6 Å². The highest BCUT2D eigenvalue weighted by Crippen LogP contribution is 2.21. The number of hydrogen-bond donors (Lipinski definition) is 2. The second kappa shape index (κ2) is 11.1. The smallest absolute Gasteiger partial charge is 0.221 e. The molecule has 1 fully saturated rings. The van der Waals surface area contributed by atoms with E-state index in [1.807, 2.05) is 6.92 Å². The van der Waals surface area contributed by atoms with Crippen LogP contribution in [0.25, 0.3) is 0 Å². The minimum atomic E-state index is -0.326. The normalized spacial score (nSPS) is 18.9. The summed E-state index contributed by atoms with van der Waals surface area (Å²) in [5.41, 5.74) is 6.55. The predicted molar refractivity (Wildman–Crippen MR) is 101 cm³/mol. The van der Waals surface area contributed by atoms with Crippen LogP contribution in [0.15, 0.2) is 18.2 Å². The summed E-state index contributed by atoms with van der Waals surface area (Å²) in [5.74, 6) is -0.324. The molecule has 0 spiro atoms. The zero-order chi connectivity index (χ0) is 16.1. The quantitative estimate of drug-likeness (QED) is 0.798. The molecular weight excluding hydrogens is 376 g/mol. The molecule has 1 saturated heterocycles. The van der Waals surface area contributed by atoms with Gasteiger partial charge in [-0.1, -0.05) is 17.7 Å². The van der Waals surface area contributed by atoms with E-state index in [1.165, 1.54) is 12.1 Å². The Morgan fingerprint density at radius 2 is 2.21 bits per heavy atom. The maximum absolute atomic E-state index is 13.1. The largest absolute Gasteiger partial charge is 0.352 e. The van der Waals surface area contributed by atoms with Crippen molar-refractivity contribution in [1.29, 1.82) is 0 Å². The minimum absolute atomic E-state index is 0. The van der Waals surface area contributed by atoms with Crippen LogP contribution in [0.1, 0.15) is 31.7 Å².